The van der Waals surface area contributed by atoms with E-state index in [2.05, 4.69) is 70.6 Å². The van der Waals surface area contributed by atoms with Crippen LogP contribution in [0.3, 0.4) is 0 Å². The highest BCUT2D eigenvalue weighted by Gasteiger charge is 2.12. The summed E-state index contributed by atoms with van der Waals surface area (Å²) in [6.07, 6.45) is 2.34. The number of benzene rings is 1. The van der Waals surface area contributed by atoms with Crippen LogP contribution in [0.4, 0.5) is 0 Å². The summed E-state index contributed by atoms with van der Waals surface area (Å²) in [7, 11) is 4.02. The first-order valence-corrected chi connectivity index (χ1v) is 10.6. The molecule has 0 atom stereocenters. The maximum absolute atomic E-state index is 5.46. The maximum Gasteiger partial charge on any atom is 0.191 e. The Morgan fingerprint density at radius 3 is 2.54 bits per heavy atom. The normalized spacial score (nSPS) is 16.0. The molecule has 0 amide bonds. The predicted molar refractivity (Wildman–Crippen MR) is 118 cm³/mol. The number of rotatable bonds is 10. The molecule has 28 heavy (non-hydrogen) atoms. The molecule has 2 rings (SSSR count). The topological polar surface area (TPSA) is 52.1 Å². The smallest absolute Gasteiger partial charge is 0.191 e. The van der Waals surface area contributed by atoms with Crippen LogP contribution in [-0.2, 0) is 17.8 Å². The number of hydrogen-bond donors (Lipinski definition) is 2. The lowest BCUT2D eigenvalue weighted by atomic mass is 10.1. The molecule has 158 valence electrons. The van der Waals surface area contributed by atoms with Gasteiger partial charge in [-0.15, -0.1) is 0 Å². The molecule has 6 nitrogen and oxygen atoms in total. The largest absolute Gasteiger partial charge is 0.379 e. The molecular formula is C22H39N5O. The van der Waals surface area contributed by atoms with Crippen LogP contribution in [0.2, 0.25) is 0 Å². The quantitative estimate of drug-likeness (QED) is 0.365. The van der Waals surface area contributed by atoms with Crippen molar-refractivity contribution in [1.82, 2.24) is 20.4 Å². The van der Waals surface area contributed by atoms with Gasteiger partial charge in [-0.1, -0.05) is 24.3 Å². The van der Waals surface area contributed by atoms with E-state index in [9.17, 15) is 0 Å². The average molecular weight is 390 g/mol. The molecule has 0 unspecified atom stereocenters. The highest BCUT2D eigenvalue weighted by Crippen LogP contribution is 2.13. The summed E-state index contributed by atoms with van der Waals surface area (Å²) in [6, 6.07) is 9.29. The van der Waals surface area contributed by atoms with Gasteiger partial charge in [-0.2, -0.15) is 0 Å². The number of hydrogen-bond acceptors (Lipinski definition) is 4. The molecule has 0 aromatic heterocycles. The SMILES string of the molecule is CN=C(NCCCCN(C)C(C)C)NCc1ccccc1CN1CCOCC1. The molecule has 1 aromatic carbocycles. The monoisotopic (exact) mass is 389 g/mol. The van der Waals surface area contributed by atoms with Crippen LogP contribution < -0.4 is 10.6 Å². The number of guanidine groups is 1. The predicted octanol–water partition coefficient (Wildman–Crippen LogP) is 2.30. The maximum atomic E-state index is 5.46. The molecule has 0 saturated carbocycles. The second-order valence-electron chi connectivity index (χ2n) is 7.79. The van der Waals surface area contributed by atoms with E-state index in [0.29, 0.717) is 6.04 Å². The van der Waals surface area contributed by atoms with E-state index < -0.39 is 0 Å². The van der Waals surface area contributed by atoms with Gasteiger partial charge in [0.05, 0.1) is 13.2 Å². The third-order valence-electron chi connectivity index (χ3n) is 5.40. The van der Waals surface area contributed by atoms with Crippen molar-refractivity contribution in [2.24, 2.45) is 4.99 Å². The fourth-order valence-corrected chi connectivity index (χ4v) is 3.24. The molecule has 2 N–H and O–H groups in total. The zero-order valence-corrected chi connectivity index (χ0v) is 18.2. The van der Waals surface area contributed by atoms with E-state index in [0.717, 1.165) is 64.9 Å². The number of nitrogens with one attached hydrogen (secondary N) is 2. The minimum absolute atomic E-state index is 0.611. The summed E-state index contributed by atoms with van der Waals surface area (Å²) in [5, 5.41) is 6.90. The first-order valence-electron chi connectivity index (χ1n) is 10.6. The van der Waals surface area contributed by atoms with Gasteiger partial charge in [0.15, 0.2) is 5.96 Å². The molecule has 1 aliphatic heterocycles. The standard InChI is InChI=1S/C22H39N5O/c1-19(2)26(4)12-8-7-11-24-22(23-3)25-17-20-9-5-6-10-21(20)18-27-13-15-28-16-14-27/h5-6,9-10,19H,7-8,11-18H2,1-4H3,(H2,23,24,25). The number of morpholine rings is 1. The highest BCUT2D eigenvalue weighted by molar-refractivity contribution is 5.79. The van der Waals surface area contributed by atoms with Crippen molar-refractivity contribution < 1.29 is 4.74 Å². The van der Waals surface area contributed by atoms with Gasteiger partial charge in [0.25, 0.3) is 0 Å². The van der Waals surface area contributed by atoms with Gasteiger partial charge in [0.1, 0.15) is 0 Å². The molecule has 1 aromatic rings. The Hall–Kier alpha value is -1.63. The second-order valence-corrected chi connectivity index (χ2v) is 7.79. The fraction of sp³-hybridized carbons (Fsp3) is 0.682. The van der Waals surface area contributed by atoms with E-state index in [4.69, 9.17) is 4.74 Å². The Morgan fingerprint density at radius 1 is 1.14 bits per heavy atom. The summed E-state index contributed by atoms with van der Waals surface area (Å²) in [6.45, 7) is 12.0. The summed E-state index contributed by atoms with van der Waals surface area (Å²) in [4.78, 5) is 9.22. The van der Waals surface area contributed by atoms with Gasteiger partial charge < -0.3 is 20.3 Å². The van der Waals surface area contributed by atoms with Crippen LogP contribution in [-0.4, -0.2) is 75.3 Å². The van der Waals surface area contributed by atoms with Gasteiger partial charge in [-0.25, -0.2) is 0 Å². The molecule has 1 fully saturated rings. The van der Waals surface area contributed by atoms with Crippen LogP contribution >= 0.6 is 0 Å². The van der Waals surface area contributed by atoms with Crippen molar-refractivity contribution in [2.75, 3.05) is 53.5 Å². The van der Waals surface area contributed by atoms with E-state index in [-0.39, 0.29) is 0 Å². The van der Waals surface area contributed by atoms with Crippen molar-refractivity contribution in [3.8, 4) is 0 Å². The lowest BCUT2D eigenvalue weighted by Crippen LogP contribution is -2.38. The third kappa shape index (κ3) is 8.17. The van der Waals surface area contributed by atoms with E-state index in [1.165, 1.54) is 17.5 Å². The molecule has 1 saturated heterocycles. The Kier molecular flexibility index (Phi) is 10.3. The summed E-state index contributed by atoms with van der Waals surface area (Å²) >= 11 is 0. The van der Waals surface area contributed by atoms with Crippen molar-refractivity contribution in [2.45, 2.75) is 45.8 Å². The first kappa shape index (κ1) is 22.7. The molecule has 0 aliphatic carbocycles. The molecular weight excluding hydrogens is 350 g/mol. The van der Waals surface area contributed by atoms with E-state index in [1.54, 1.807) is 0 Å². The Bertz CT molecular complexity index is 584. The molecule has 0 spiro atoms. The number of nitrogens with zero attached hydrogens (tertiary/aromatic N) is 3. The molecule has 0 bridgehead atoms. The van der Waals surface area contributed by atoms with Gasteiger partial charge in [0.2, 0.25) is 0 Å². The van der Waals surface area contributed by atoms with Gasteiger partial charge in [-0.05, 0) is 51.4 Å². The Balaban J connectivity index is 1.74. The van der Waals surface area contributed by atoms with E-state index in [1.807, 2.05) is 7.05 Å². The number of ether oxygens (including phenoxy) is 1. The Labute approximate surface area is 171 Å². The molecule has 0 radical (unpaired) electrons. The van der Waals surface area contributed by atoms with Crippen LogP contribution in [0.1, 0.15) is 37.8 Å². The number of aliphatic imine (C=N–C) groups is 1. The van der Waals surface area contributed by atoms with Crippen LogP contribution in [0.25, 0.3) is 0 Å². The lowest BCUT2D eigenvalue weighted by molar-refractivity contribution is 0.0341. The van der Waals surface area contributed by atoms with Crippen LogP contribution in [0.5, 0.6) is 0 Å². The molecule has 1 aliphatic rings. The number of unbranched alkanes of at least 4 members (excludes halogenated alkanes) is 1. The van der Waals surface area contributed by atoms with Crippen molar-refractivity contribution in [3.63, 3.8) is 0 Å². The molecule has 6 heteroatoms. The zero-order chi connectivity index (χ0) is 20.2. The van der Waals surface area contributed by atoms with Crippen molar-refractivity contribution in [1.29, 1.82) is 0 Å². The lowest BCUT2D eigenvalue weighted by Gasteiger charge is -2.27. The summed E-state index contributed by atoms with van der Waals surface area (Å²) in [5.74, 6) is 0.874. The second kappa shape index (κ2) is 12.8. The third-order valence-corrected chi connectivity index (χ3v) is 5.40. The van der Waals surface area contributed by atoms with Gasteiger partial charge in [0, 0.05) is 45.8 Å². The minimum Gasteiger partial charge on any atom is -0.379 e. The van der Waals surface area contributed by atoms with Crippen LogP contribution in [0.15, 0.2) is 29.3 Å². The summed E-state index contributed by atoms with van der Waals surface area (Å²) < 4.78 is 5.46. The van der Waals surface area contributed by atoms with E-state index >= 15 is 0 Å². The first-order chi connectivity index (χ1) is 13.6. The average Bonchev–Trinajstić information content (AvgIpc) is 2.71. The minimum atomic E-state index is 0.611. The van der Waals surface area contributed by atoms with Crippen molar-refractivity contribution >= 4 is 5.96 Å². The highest BCUT2D eigenvalue weighted by atomic mass is 16.5. The van der Waals surface area contributed by atoms with Gasteiger partial charge >= 0.3 is 0 Å². The molecule has 1 heterocycles. The van der Waals surface area contributed by atoms with Crippen molar-refractivity contribution in [3.05, 3.63) is 35.4 Å². The fourth-order valence-electron chi connectivity index (χ4n) is 3.24. The Morgan fingerprint density at radius 2 is 1.86 bits per heavy atom. The van der Waals surface area contributed by atoms with Crippen LogP contribution in [0, 0.1) is 0 Å². The van der Waals surface area contributed by atoms with Gasteiger partial charge in [-0.3, -0.25) is 9.89 Å². The summed E-state index contributed by atoms with van der Waals surface area (Å²) in [5.41, 5.74) is 2.71. The zero-order valence-electron chi connectivity index (χ0n) is 18.2.